The van der Waals surface area contributed by atoms with Crippen LogP contribution in [0, 0.1) is 0 Å². The third-order valence-electron chi connectivity index (χ3n) is 8.73. The summed E-state index contributed by atoms with van der Waals surface area (Å²) in [5, 5.41) is 0. The molecule has 3 aliphatic carbocycles. The molecule has 42 heavy (non-hydrogen) atoms. The summed E-state index contributed by atoms with van der Waals surface area (Å²) < 4.78 is 12.8. The van der Waals surface area contributed by atoms with Crippen molar-refractivity contribution in [1.82, 2.24) is 0 Å². The first-order valence-electron chi connectivity index (χ1n) is 14.7. The van der Waals surface area contributed by atoms with Crippen molar-refractivity contribution in [3.05, 3.63) is 142 Å². The topological polar surface area (TPSA) is 52.6 Å². The van der Waals surface area contributed by atoms with Crippen molar-refractivity contribution in [2.24, 2.45) is 0 Å². The molecule has 0 aromatic heterocycles. The highest BCUT2D eigenvalue weighted by atomic mass is 16.6. The van der Waals surface area contributed by atoms with Crippen LogP contribution in [0.4, 0.5) is 0 Å². The molecule has 7 rings (SSSR count). The van der Waals surface area contributed by atoms with Crippen LogP contribution in [0.25, 0.3) is 0 Å². The molecule has 0 radical (unpaired) electrons. The van der Waals surface area contributed by atoms with Gasteiger partial charge in [0.1, 0.15) is 0 Å². The van der Waals surface area contributed by atoms with Gasteiger partial charge in [-0.1, -0.05) is 114 Å². The molecule has 3 aliphatic rings. The van der Waals surface area contributed by atoms with Crippen LogP contribution >= 0.6 is 0 Å². The smallest absolute Gasteiger partial charge is 0.338 e. The van der Waals surface area contributed by atoms with Gasteiger partial charge >= 0.3 is 11.9 Å². The molecule has 0 N–H and O–H groups in total. The second-order valence-corrected chi connectivity index (χ2v) is 13.6. The molecule has 0 aliphatic heterocycles. The second kappa shape index (κ2) is 10.3. The predicted molar refractivity (Wildman–Crippen MR) is 165 cm³/mol. The van der Waals surface area contributed by atoms with E-state index in [1.807, 2.05) is 36.4 Å². The Morgan fingerprint density at radius 3 is 1.21 bits per heavy atom. The Balaban J connectivity index is 1.54. The first-order valence-corrected chi connectivity index (χ1v) is 14.7. The zero-order valence-electron chi connectivity index (χ0n) is 25.2. The fraction of sp³-hybridized carbons (Fsp3) is 0.316. The summed E-state index contributed by atoms with van der Waals surface area (Å²) in [4.78, 5) is 27.1. The van der Waals surface area contributed by atoms with Gasteiger partial charge in [-0.25, -0.2) is 9.59 Å². The summed E-state index contributed by atoms with van der Waals surface area (Å²) in [5.74, 6) is -1.40. The summed E-state index contributed by atoms with van der Waals surface area (Å²) >= 11 is 0. The zero-order chi connectivity index (χ0) is 29.8. The van der Waals surface area contributed by atoms with Crippen LogP contribution in [-0.4, -0.2) is 24.1 Å². The Hall–Kier alpha value is -4.18. The normalized spacial score (nSPS) is 20.8. The lowest BCUT2D eigenvalue weighted by molar-refractivity contribution is -0.0558. The van der Waals surface area contributed by atoms with E-state index in [0.717, 1.165) is 22.3 Å². The first kappa shape index (κ1) is 28.0. The Labute approximate surface area is 248 Å². The number of ether oxygens (including phenoxy) is 2. The van der Waals surface area contributed by atoms with Crippen LogP contribution in [0.3, 0.4) is 0 Å². The number of hydrogen-bond acceptors (Lipinski definition) is 4. The van der Waals surface area contributed by atoms with Crippen molar-refractivity contribution in [1.29, 1.82) is 0 Å². The minimum atomic E-state index is -0.694. The molecule has 0 saturated carbocycles. The highest BCUT2D eigenvalue weighted by molar-refractivity contribution is 5.91. The van der Waals surface area contributed by atoms with Crippen LogP contribution < -0.4 is 0 Å². The van der Waals surface area contributed by atoms with E-state index in [1.165, 1.54) is 11.1 Å². The van der Waals surface area contributed by atoms with Gasteiger partial charge in [-0.05, 0) is 68.5 Å². The Morgan fingerprint density at radius 1 is 0.500 bits per heavy atom. The minimum absolute atomic E-state index is 0.0583. The van der Waals surface area contributed by atoms with E-state index >= 15 is 0 Å². The van der Waals surface area contributed by atoms with Crippen molar-refractivity contribution >= 4 is 11.9 Å². The molecule has 214 valence electrons. The fourth-order valence-electron chi connectivity index (χ4n) is 6.41. The molecule has 4 aromatic rings. The number of benzene rings is 4. The van der Waals surface area contributed by atoms with Gasteiger partial charge in [-0.2, -0.15) is 0 Å². The predicted octanol–water partition coefficient (Wildman–Crippen LogP) is 8.32. The monoisotopic (exact) mass is 558 g/mol. The molecular weight excluding hydrogens is 520 g/mol. The minimum Gasteiger partial charge on any atom is -0.454 e. The average molecular weight is 559 g/mol. The maximum atomic E-state index is 13.6. The van der Waals surface area contributed by atoms with Gasteiger partial charge in [0.15, 0.2) is 12.2 Å². The second-order valence-electron chi connectivity index (χ2n) is 13.6. The number of rotatable bonds is 4. The van der Waals surface area contributed by atoms with E-state index in [1.54, 1.807) is 24.3 Å². The molecule has 2 bridgehead atoms. The van der Waals surface area contributed by atoms with E-state index < -0.39 is 24.1 Å². The number of hydrogen-bond donors (Lipinski definition) is 0. The molecule has 0 spiro atoms. The number of carbonyl (C=O) groups is 2. The molecule has 0 fully saturated rings. The molecule has 2 atom stereocenters. The molecule has 0 heterocycles. The number of carbonyl (C=O) groups excluding carboxylic acids is 2. The highest BCUT2D eigenvalue weighted by Gasteiger charge is 2.54. The van der Waals surface area contributed by atoms with Crippen LogP contribution in [0.5, 0.6) is 0 Å². The van der Waals surface area contributed by atoms with Gasteiger partial charge in [0.2, 0.25) is 0 Å². The molecular formula is C38H38O4. The lowest BCUT2D eigenvalue weighted by Crippen LogP contribution is -2.51. The molecule has 0 saturated heterocycles. The van der Waals surface area contributed by atoms with Gasteiger partial charge < -0.3 is 9.47 Å². The molecule has 4 heteroatoms. The third kappa shape index (κ3) is 4.93. The maximum Gasteiger partial charge on any atom is 0.338 e. The van der Waals surface area contributed by atoms with Crippen molar-refractivity contribution in [3.8, 4) is 0 Å². The third-order valence-corrected chi connectivity index (χ3v) is 8.73. The van der Waals surface area contributed by atoms with Crippen molar-refractivity contribution < 1.29 is 19.1 Å². The van der Waals surface area contributed by atoms with Gasteiger partial charge in [-0.3, -0.25) is 0 Å². The van der Waals surface area contributed by atoms with Gasteiger partial charge in [-0.15, -0.1) is 0 Å². The lowest BCUT2D eigenvalue weighted by Gasteiger charge is -2.49. The summed E-state index contributed by atoms with van der Waals surface area (Å²) in [6, 6.07) is 31.4. The van der Waals surface area contributed by atoms with Crippen LogP contribution in [0.1, 0.15) is 107 Å². The number of fused-ring (bicyclic) bond motifs is 1. The van der Waals surface area contributed by atoms with E-state index in [4.69, 9.17) is 9.47 Å². The zero-order valence-corrected chi connectivity index (χ0v) is 25.2. The van der Waals surface area contributed by atoms with Gasteiger partial charge in [0, 0.05) is 0 Å². The quantitative estimate of drug-likeness (QED) is 0.236. The van der Waals surface area contributed by atoms with E-state index in [2.05, 4.69) is 77.9 Å². The standard InChI is InChI=1S/C38H38O4/c1-37(2,3)25-17-19-27-29(21-25)32-30-22-26(38(4,5)6)18-20-28(30)31(27)33(41-35(39)23-13-9-7-10-14-23)34(32)42-36(40)24-15-11-8-12-16-24/h7-22,31-34H,1-6H3. The molecule has 4 nitrogen and oxygen atoms in total. The lowest BCUT2D eigenvalue weighted by atomic mass is 9.59. The Morgan fingerprint density at radius 2 is 0.857 bits per heavy atom. The van der Waals surface area contributed by atoms with Crippen LogP contribution in [-0.2, 0) is 20.3 Å². The van der Waals surface area contributed by atoms with E-state index in [0.29, 0.717) is 11.1 Å². The van der Waals surface area contributed by atoms with Crippen molar-refractivity contribution in [2.45, 2.75) is 76.4 Å². The summed E-state index contributed by atoms with van der Waals surface area (Å²) in [6.07, 6.45) is -1.38. The molecule has 4 aromatic carbocycles. The Bertz CT molecular complexity index is 1580. The highest BCUT2D eigenvalue weighted by Crippen LogP contribution is 2.56. The largest absolute Gasteiger partial charge is 0.454 e. The average Bonchev–Trinajstić information content (AvgIpc) is 2.97. The SMILES string of the molecule is CC(C)(C)c1ccc2c(c1)C1c3cc(C(C)(C)C)ccc3C2C(OC(=O)c2ccccc2)C1OC(=O)c1ccccc1. The van der Waals surface area contributed by atoms with E-state index in [9.17, 15) is 9.59 Å². The fourth-order valence-corrected chi connectivity index (χ4v) is 6.41. The van der Waals surface area contributed by atoms with Crippen molar-refractivity contribution in [2.75, 3.05) is 0 Å². The molecule has 2 unspecified atom stereocenters. The number of esters is 2. The first-order chi connectivity index (χ1) is 19.9. The van der Waals surface area contributed by atoms with Gasteiger partial charge in [0.25, 0.3) is 0 Å². The van der Waals surface area contributed by atoms with Gasteiger partial charge in [0.05, 0.1) is 23.0 Å². The van der Waals surface area contributed by atoms with Crippen molar-refractivity contribution in [3.63, 3.8) is 0 Å². The van der Waals surface area contributed by atoms with Crippen LogP contribution in [0.2, 0.25) is 0 Å². The maximum absolute atomic E-state index is 13.6. The summed E-state index contributed by atoms with van der Waals surface area (Å²) in [5.41, 5.74) is 7.80. The van der Waals surface area contributed by atoms with Crippen LogP contribution in [0.15, 0.2) is 97.1 Å². The summed E-state index contributed by atoms with van der Waals surface area (Å²) in [6.45, 7) is 13.2. The Kier molecular flexibility index (Phi) is 6.84. The summed E-state index contributed by atoms with van der Waals surface area (Å²) in [7, 11) is 0. The molecule has 0 amide bonds. The van der Waals surface area contributed by atoms with E-state index in [-0.39, 0.29) is 22.7 Å².